The first-order valence-electron chi connectivity index (χ1n) is 6.06. The van der Waals surface area contributed by atoms with Gasteiger partial charge in [0.2, 0.25) is 0 Å². The standard InChI is InChI=1S/C12H24N2O2/c1-5-14(3)9-8-12(2,11(15)16-4)13-10-6-7-10/h10,13H,5-9H2,1-4H3. The first-order chi connectivity index (χ1) is 7.51. The molecule has 1 saturated carbocycles. The number of carbonyl (C=O) groups excluding carboxylic acids is 1. The Hall–Kier alpha value is -0.610. The zero-order chi connectivity index (χ0) is 12.2. The number of carbonyl (C=O) groups is 1. The van der Waals surface area contributed by atoms with Crippen molar-refractivity contribution in [3.63, 3.8) is 0 Å². The lowest BCUT2D eigenvalue weighted by molar-refractivity contribution is -0.148. The van der Waals surface area contributed by atoms with Gasteiger partial charge < -0.3 is 9.64 Å². The van der Waals surface area contributed by atoms with Crippen molar-refractivity contribution >= 4 is 5.97 Å². The van der Waals surface area contributed by atoms with Gasteiger partial charge in [0.05, 0.1) is 7.11 Å². The normalized spacial score (nSPS) is 19.6. The summed E-state index contributed by atoms with van der Waals surface area (Å²) in [5, 5.41) is 3.40. The summed E-state index contributed by atoms with van der Waals surface area (Å²) >= 11 is 0. The van der Waals surface area contributed by atoms with E-state index in [1.54, 1.807) is 0 Å². The van der Waals surface area contributed by atoms with E-state index in [4.69, 9.17) is 4.74 Å². The molecule has 0 saturated heterocycles. The molecule has 16 heavy (non-hydrogen) atoms. The molecule has 1 N–H and O–H groups in total. The second-order valence-electron chi connectivity index (χ2n) is 4.89. The van der Waals surface area contributed by atoms with E-state index in [0.29, 0.717) is 6.04 Å². The Labute approximate surface area is 98.3 Å². The van der Waals surface area contributed by atoms with Crippen molar-refractivity contribution in [3.05, 3.63) is 0 Å². The van der Waals surface area contributed by atoms with E-state index in [2.05, 4.69) is 24.2 Å². The molecule has 0 aromatic heterocycles. The van der Waals surface area contributed by atoms with Gasteiger partial charge in [0.15, 0.2) is 0 Å². The summed E-state index contributed by atoms with van der Waals surface area (Å²) in [4.78, 5) is 14.0. The highest BCUT2D eigenvalue weighted by atomic mass is 16.5. The van der Waals surface area contributed by atoms with Crippen molar-refractivity contribution in [1.29, 1.82) is 0 Å². The number of esters is 1. The molecule has 4 nitrogen and oxygen atoms in total. The van der Waals surface area contributed by atoms with Crippen molar-refractivity contribution in [2.24, 2.45) is 0 Å². The molecule has 0 aromatic carbocycles. The van der Waals surface area contributed by atoms with Gasteiger partial charge >= 0.3 is 5.97 Å². The third-order valence-electron chi connectivity index (χ3n) is 3.27. The van der Waals surface area contributed by atoms with Gasteiger partial charge in [-0.2, -0.15) is 0 Å². The third-order valence-corrected chi connectivity index (χ3v) is 3.27. The van der Waals surface area contributed by atoms with Crippen LogP contribution in [0.15, 0.2) is 0 Å². The summed E-state index contributed by atoms with van der Waals surface area (Å²) in [6.45, 7) is 5.97. The summed E-state index contributed by atoms with van der Waals surface area (Å²) in [6.07, 6.45) is 3.15. The third kappa shape index (κ3) is 3.76. The lowest BCUT2D eigenvalue weighted by Crippen LogP contribution is -2.52. The minimum atomic E-state index is -0.528. The number of methoxy groups -OCH3 is 1. The molecule has 0 spiro atoms. The predicted molar refractivity (Wildman–Crippen MR) is 64.4 cm³/mol. The number of rotatable bonds is 7. The van der Waals surface area contributed by atoms with E-state index in [0.717, 1.165) is 19.5 Å². The van der Waals surface area contributed by atoms with Crippen LogP contribution in [0, 0.1) is 0 Å². The summed E-state index contributed by atoms with van der Waals surface area (Å²) < 4.78 is 4.89. The lowest BCUT2D eigenvalue weighted by Gasteiger charge is -2.30. The molecular formula is C12H24N2O2. The van der Waals surface area contributed by atoms with E-state index in [1.165, 1.54) is 20.0 Å². The van der Waals surface area contributed by atoms with Gasteiger partial charge in [0.25, 0.3) is 0 Å². The van der Waals surface area contributed by atoms with Crippen LogP contribution in [0.2, 0.25) is 0 Å². The summed E-state index contributed by atoms with van der Waals surface area (Å²) in [6, 6.07) is 0.510. The number of hydrogen-bond acceptors (Lipinski definition) is 4. The number of nitrogens with zero attached hydrogens (tertiary/aromatic N) is 1. The van der Waals surface area contributed by atoms with Crippen LogP contribution in [-0.4, -0.2) is 49.7 Å². The molecule has 1 atom stereocenters. The van der Waals surface area contributed by atoms with Gasteiger partial charge in [-0.25, -0.2) is 0 Å². The first kappa shape index (κ1) is 13.5. The zero-order valence-corrected chi connectivity index (χ0v) is 10.9. The Morgan fingerprint density at radius 1 is 1.56 bits per heavy atom. The molecule has 1 rings (SSSR count). The average Bonchev–Trinajstić information content (AvgIpc) is 3.08. The zero-order valence-electron chi connectivity index (χ0n) is 10.9. The molecule has 94 valence electrons. The highest BCUT2D eigenvalue weighted by Gasteiger charge is 2.39. The van der Waals surface area contributed by atoms with Crippen molar-refractivity contribution in [1.82, 2.24) is 10.2 Å². The highest BCUT2D eigenvalue weighted by Crippen LogP contribution is 2.24. The molecule has 1 aliphatic rings. The Balaban J connectivity index is 2.51. The minimum absolute atomic E-state index is 0.149. The lowest BCUT2D eigenvalue weighted by atomic mass is 9.97. The molecule has 1 unspecified atom stereocenters. The van der Waals surface area contributed by atoms with Gasteiger partial charge in [-0.1, -0.05) is 6.92 Å². The maximum absolute atomic E-state index is 11.8. The van der Waals surface area contributed by atoms with E-state index < -0.39 is 5.54 Å². The smallest absolute Gasteiger partial charge is 0.325 e. The largest absolute Gasteiger partial charge is 0.468 e. The van der Waals surface area contributed by atoms with Crippen molar-refractivity contribution in [2.45, 2.75) is 44.7 Å². The predicted octanol–water partition coefficient (Wildman–Crippen LogP) is 1.01. The number of hydrogen-bond donors (Lipinski definition) is 1. The second kappa shape index (κ2) is 5.64. The SMILES string of the molecule is CCN(C)CCC(C)(NC1CC1)C(=O)OC. The fourth-order valence-electron chi connectivity index (χ4n) is 1.71. The van der Waals surface area contributed by atoms with Crippen molar-refractivity contribution in [2.75, 3.05) is 27.2 Å². The van der Waals surface area contributed by atoms with Gasteiger partial charge in [0.1, 0.15) is 5.54 Å². The topological polar surface area (TPSA) is 41.6 Å². The van der Waals surface area contributed by atoms with Crippen molar-refractivity contribution in [3.8, 4) is 0 Å². The maximum Gasteiger partial charge on any atom is 0.325 e. The quantitative estimate of drug-likeness (QED) is 0.660. The number of nitrogens with one attached hydrogen (secondary N) is 1. The molecule has 0 radical (unpaired) electrons. The minimum Gasteiger partial charge on any atom is -0.468 e. The van der Waals surface area contributed by atoms with Crippen LogP contribution in [0.5, 0.6) is 0 Å². The van der Waals surface area contributed by atoms with Crippen LogP contribution in [0.25, 0.3) is 0 Å². The maximum atomic E-state index is 11.8. The van der Waals surface area contributed by atoms with Crippen LogP contribution in [0.3, 0.4) is 0 Å². The summed E-state index contributed by atoms with van der Waals surface area (Å²) in [7, 11) is 3.52. The molecule has 1 fully saturated rings. The van der Waals surface area contributed by atoms with Gasteiger partial charge in [-0.05, 0) is 39.8 Å². The summed E-state index contributed by atoms with van der Waals surface area (Å²) in [5.41, 5.74) is -0.528. The van der Waals surface area contributed by atoms with Crippen LogP contribution in [0.4, 0.5) is 0 Å². The van der Waals surface area contributed by atoms with Crippen LogP contribution >= 0.6 is 0 Å². The van der Waals surface area contributed by atoms with Crippen LogP contribution in [-0.2, 0) is 9.53 Å². The van der Waals surface area contributed by atoms with Gasteiger partial charge in [-0.3, -0.25) is 10.1 Å². The molecule has 0 aromatic rings. The fourth-order valence-corrected chi connectivity index (χ4v) is 1.71. The highest BCUT2D eigenvalue weighted by molar-refractivity contribution is 5.80. The Kier molecular flexibility index (Phi) is 4.74. The molecule has 0 aliphatic heterocycles. The molecule has 0 heterocycles. The van der Waals surface area contributed by atoms with E-state index in [1.807, 2.05) is 6.92 Å². The Morgan fingerprint density at radius 3 is 2.62 bits per heavy atom. The fraction of sp³-hybridized carbons (Fsp3) is 0.917. The van der Waals surface area contributed by atoms with Crippen LogP contribution < -0.4 is 5.32 Å². The monoisotopic (exact) mass is 228 g/mol. The Bertz CT molecular complexity index is 241. The van der Waals surface area contributed by atoms with E-state index in [-0.39, 0.29) is 5.97 Å². The average molecular weight is 228 g/mol. The molecule has 0 bridgehead atoms. The van der Waals surface area contributed by atoms with Gasteiger partial charge in [0, 0.05) is 12.6 Å². The summed E-state index contributed by atoms with van der Waals surface area (Å²) in [5.74, 6) is -0.149. The van der Waals surface area contributed by atoms with Crippen LogP contribution in [0.1, 0.15) is 33.1 Å². The Morgan fingerprint density at radius 2 is 2.19 bits per heavy atom. The van der Waals surface area contributed by atoms with Crippen molar-refractivity contribution < 1.29 is 9.53 Å². The second-order valence-corrected chi connectivity index (χ2v) is 4.89. The molecule has 1 aliphatic carbocycles. The molecular weight excluding hydrogens is 204 g/mol. The molecule has 0 amide bonds. The number of ether oxygens (including phenoxy) is 1. The first-order valence-corrected chi connectivity index (χ1v) is 6.06. The van der Waals surface area contributed by atoms with Gasteiger partial charge in [-0.15, -0.1) is 0 Å². The van der Waals surface area contributed by atoms with E-state index in [9.17, 15) is 4.79 Å². The van der Waals surface area contributed by atoms with E-state index >= 15 is 0 Å². The molecule has 4 heteroatoms.